The van der Waals surface area contributed by atoms with Gasteiger partial charge in [-0.2, -0.15) is 0 Å². The maximum atomic E-state index is 13.3. The number of nitrogens with one attached hydrogen (secondary N) is 1. The summed E-state index contributed by atoms with van der Waals surface area (Å²) in [6.07, 6.45) is 0.967. The van der Waals surface area contributed by atoms with E-state index in [9.17, 15) is 8.78 Å². The third kappa shape index (κ3) is 4.58. The van der Waals surface area contributed by atoms with Crippen molar-refractivity contribution in [2.45, 2.75) is 19.4 Å². The summed E-state index contributed by atoms with van der Waals surface area (Å²) < 4.78 is 36.9. The molecular weight excluding hydrogens is 240 g/mol. The fourth-order valence-electron chi connectivity index (χ4n) is 1.52. The van der Waals surface area contributed by atoms with E-state index in [4.69, 9.17) is 9.47 Å². The van der Waals surface area contributed by atoms with E-state index in [1.165, 1.54) is 18.2 Å². The van der Waals surface area contributed by atoms with Gasteiger partial charge in [0.2, 0.25) is 0 Å². The summed E-state index contributed by atoms with van der Waals surface area (Å²) in [5.74, 6) is -1.72. The average molecular weight is 259 g/mol. The molecule has 0 spiro atoms. The number of methoxy groups -OCH3 is 1. The van der Waals surface area contributed by atoms with Crippen LogP contribution in [0.1, 0.15) is 13.3 Å². The molecule has 1 aromatic carbocycles. The molecule has 0 saturated carbocycles. The molecule has 0 fully saturated rings. The third-order valence-electron chi connectivity index (χ3n) is 2.40. The smallest absolute Gasteiger partial charge is 0.190 e. The normalized spacial score (nSPS) is 12.4. The predicted octanol–water partition coefficient (Wildman–Crippen LogP) is 2.36. The maximum Gasteiger partial charge on any atom is 0.190 e. The Labute approximate surface area is 106 Å². The number of hydrogen-bond donors (Lipinski definition) is 1. The van der Waals surface area contributed by atoms with E-state index in [0.29, 0.717) is 6.61 Å². The van der Waals surface area contributed by atoms with Gasteiger partial charge in [0.1, 0.15) is 6.61 Å². The van der Waals surface area contributed by atoms with Crippen molar-refractivity contribution >= 4 is 0 Å². The van der Waals surface area contributed by atoms with Crippen LogP contribution in [-0.4, -0.2) is 32.9 Å². The van der Waals surface area contributed by atoms with E-state index >= 15 is 0 Å². The molecule has 0 bridgehead atoms. The van der Waals surface area contributed by atoms with Gasteiger partial charge in [0, 0.05) is 7.11 Å². The highest BCUT2D eigenvalue weighted by atomic mass is 19.1. The standard InChI is InChI=1S/C13H19F2NO2/c1-3-7-16-10(8-17-2)9-18-13-11(14)5-4-6-12(13)15/h4-6,10,16H,3,7-9H2,1-2H3. The van der Waals surface area contributed by atoms with Gasteiger partial charge in [0.25, 0.3) is 0 Å². The Hall–Kier alpha value is -1.20. The third-order valence-corrected chi connectivity index (χ3v) is 2.40. The van der Waals surface area contributed by atoms with E-state index in [0.717, 1.165) is 13.0 Å². The molecule has 102 valence electrons. The molecule has 0 aliphatic carbocycles. The Morgan fingerprint density at radius 1 is 1.22 bits per heavy atom. The van der Waals surface area contributed by atoms with Crippen LogP contribution in [-0.2, 0) is 4.74 Å². The molecule has 5 heteroatoms. The number of rotatable bonds is 8. The van der Waals surface area contributed by atoms with Crippen LogP contribution in [0, 0.1) is 11.6 Å². The molecule has 1 rings (SSSR count). The zero-order chi connectivity index (χ0) is 13.4. The lowest BCUT2D eigenvalue weighted by Crippen LogP contribution is -2.39. The summed E-state index contributed by atoms with van der Waals surface area (Å²) in [7, 11) is 1.57. The van der Waals surface area contributed by atoms with Crippen molar-refractivity contribution in [3.05, 3.63) is 29.8 Å². The second-order valence-corrected chi connectivity index (χ2v) is 3.97. The van der Waals surface area contributed by atoms with Crippen LogP contribution < -0.4 is 10.1 Å². The SMILES string of the molecule is CCCNC(COC)COc1c(F)cccc1F. The average Bonchev–Trinajstić information content (AvgIpc) is 2.35. The van der Waals surface area contributed by atoms with Gasteiger partial charge in [-0.25, -0.2) is 8.78 Å². The maximum absolute atomic E-state index is 13.3. The molecule has 0 amide bonds. The fourth-order valence-corrected chi connectivity index (χ4v) is 1.52. The van der Waals surface area contributed by atoms with E-state index in [1.54, 1.807) is 7.11 Å². The zero-order valence-electron chi connectivity index (χ0n) is 10.7. The lowest BCUT2D eigenvalue weighted by molar-refractivity contribution is 0.132. The summed E-state index contributed by atoms with van der Waals surface area (Å²) in [6.45, 7) is 3.42. The first kappa shape index (κ1) is 14.9. The van der Waals surface area contributed by atoms with Gasteiger partial charge in [0.05, 0.1) is 12.6 Å². The molecule has 1 atom stereocenters. The second kappa shape index (κ2) is 8.00. The quantitative estimate of drug-likeness (QED) is 0.777. The van der Waals surface area contributed by atoms with Gasteiger partial charge in [-0.05, 0) is 25.1 Å². The number of para-hydroxylation sites is 1. The van der Waals surface area contributed by atoms with E-state index in [2.05, 4.69) is 5.32 Å². The van der Waals surface area contributed by atoms with Gasteiger partial charge in [-0.1, -0.05) is 13.0 Å². The summed E-state index contributed by atoms with van der Waals surface area (Å²) in [5.41, 5.74) is 0. The fraction of sp³-hybridized carbons (Fsp3) is 0.538. The summed E-state index contributed by atoms with van der Waals surface area (Å²) in [5, 5.41) is 3.18. The minimum atomic E-state index is -0.693. The van der Waals surface area contributed by atoms with Crippen LogP contribution in [0.4, 0.5) is 8.78 Å². The molecular formula is C13H19F2NO2. The van der Waals surface area contributed by atoms with Crippen molar-refractivity contribution in [1.82, 2.24) is 5.32 Å². The summed E-state index contributed by atoms with van der Waals surface area (Å²) in [4.78, 5) is 0. The molecule has 0 radical (unpaired) electrons. The van der Waals surface area contributed by atoms with E-state index in [-0.39, 0.29) is 18.4 Å². The predicted molar refractivity (Wildman–Crippen MR) is 65.8 cm³/mol. The topological polar surface area (TPSA) is 30.5 Å². The highest BCUT2D eigenvalue weighted by molar-refractivity contribution is 5.26. The molecule has 1 unspecified atom stereocenters. The number of benzene rings is 1. The number of ether oxygens (including phenoxy) is 2. The molecule has 0 aliphatic rings. The van der Waals surface area contributed by atoms with Crippen molar-refractivity contribution in [3.8, 4) is 5.75 Å². The van der Waals surface area contributed by atoms with Crippen molar-refractivity contribution in [1.29, 1.82) is 0 Å². The molecule has 18 heavy (non-hydrogen) atoms. The molecule has 0 aliphatic heterocycles. The van der Waals surface area contributed by atoms with Crippen molar-refractivity contribution in [2.75, 3.05) is 26.9 Å². The van der Waals surface area contributed by atoms with Crippen LogP contribution in [0.2, 0.25) is 0 Å². The largest absolute Gasteiger partial charge is 0.486 e. The monoisotopic (exact) mass is 259 g/mol. The van der Waals surface area contributed by atoms with Crippen LogP contribution in [0.3, 0.4) is 0 Å². The van der Waals surface area contributed by atoms with Crippen molar-refractivity contribution in [2.24, 2.45) is 0 Å². The molecule has 1 N–H and O–H groups in total. The first-order valence-corrected chi connectivity index (χ1v) is 5.98. The minimum Gasteiger partial charge on any atom is -0.486 e. The van der Waals surface area contributed by atoms with Crippen LogP contribution in [0.25, 0.3) is 0 Å². The van der Waals surface area contributed by atoms with Gasteiger partial charge in [0.15, 0.2) is 17.4 Å². The van der Waals surface area contributed by atoms with Crippen LogP contribution in [0.15, 0.2) is 18.2 Å². The van der Waals surface area contributed by atoms with Gasteiger partial charge < -0.3 is 14.8 Å². The Bertz CT molecular complexity index is 341. The number of hydrogen-bond acceptors (Lipinski definition) is 3. The second-order valence-electron chi connectivity index (χ2n) is 3.97. The lowest BCUT2D eigenvalue weighted by atomic mass is 10.3. The molecule has 0 heterocycles. The minimum absolute atomic E-state index is 0.0889. The molecule has 0 saturated heterocycles. The highest BCUT2D eigenvalue weighted by Gasteiger charge is 2.13. The van der Waals surface area contributed by atoms with E-state index in [1.807, 2.05) is 6.92 Å². The Kier molecular flexibility index (Phi) is 6.60. The van der Waals surface area contributed by atoms with Crippen LogP contribution in [0.5, 0.6) is 5.75 Å². The first-order chi connectivity index (χ1) is 8.69. The Balaban J connectivity index is 2.55. The summed E-state index contributed by atoms with van der Waals surface area (Å²) >= 11 is 0. The first-order valence-electron chi connectivity index (χ1n) is 5.98. The van der Waals surface area contributed by atoms with Crippen molar-refractivity contribution < 1.29 is 18.3 Å². The van der Waals surface area contributed by atoms with Crippen molar-refractivity contribution in [3.63, 3.8) is 0 Å². The van der Waals surface area contributed by atoms with Gasteiger partial charge >= 0.3 is 0 Å². The Morgan fingerprint density at radius 3 is 2.44 bits per heavy atom. The number of halogens is 2. The molecule has 1 aromatic rings. The zero-order valence-corrected chi connectivity index (χ0v) is 10.7. The Morgan fingerprint density at radius 2 is 1.89 bits per heavy atom. The summed E-state index contributed by atoms with van der Waals surface area (Å²) in [6, 6.07) is 3.56. The van der Waals surface area contributed by atoms with E-state index < -0.39 is 11.6 Å². The van der Waals surface area contributed by atoms with Gasteiger partial charge in [-0.15, -0.1) is 0 Å². The highest BCUT2D eigenvalue weighted by Crippen LogP contribution is 2.20. The molecule has 3 nitrogen and oxygen atoms in total. The lowest BCUT2D eigenvalue weighted by Gasteiger charge is -2.18. The van der Waals surface area contributed by atoms with Gasteiger partial charge in [-0.3, -0.25) is 0 Å². The van der Waals surface area contributed by atoms with Crippen LogP contribution >= 0.6 is 0 Å². The molecule has 0 aromatic heterocycles.